The Morgan fingerprint density at radius 3 is 2.40 bits per heavy atom. The molecule has 0 fully saturated rings. The highest BCUT2D eigenvalue weighted by Crippen LogP contribution is 2.29. The second-order valence-corrected chi connectivity index (χ2v) is 6.94. The first-order valence-electron chi connectivity index (χ1n) is 9.23. The van der Waals surface area contributed by atoms with Gasteiger partial charge in [0.25, 0.3) is 0 Å². The fourth-order valence-electron chi connectivity index (χ4n) is 2.69. The average molecular weight is 351 g/mol. The molecule has 0 aliphatic rings. The first kappa shape index (κ1) is 21.3. The van der Waals surface area contributed by atoms with Crippen LogP contribution in [0.1, 0.15) is 52.5 Å². The van der Waals surface area contributed by atoms with Crippen molar-refractivity contribution >= 4 is 5.91 Å². The van der Waals surface area contributed by atoms with Crippen LogP contribution in [-0.2, 0) is 11.3 Å². The molecule has 5 nitrogen and oxygen atoms in total. The van der Waals surface area contributed by atoms with Crippen LogP contribution in [0.4, 0.5) is 0 Å². The predicted octanol–water partition coefficient (Wildman–Crippen LogP) is 3.50. The number of hydrogen-bond donors (Lipinski definition) is 2. The highest BCUT2D eigenvalue weighted by Gasteiger charge is 2.16. The van der Waals surface area contributed by atoms with Gasteiger partial charge in [-0.15, -0.1) is 0 Å². The van der Waals surface area contributed by atoms with Gasteiger partial charge >= 0.3 is 0 Å². The zero-order valence-corrected chi connectivity index (χ0v) is 16.3. The third-order valence-electron chi connectivity index (χ3n) is 4.46. The van der Waals surface area contributed by atoms with Crippen molar-refractivity contribution in [2.45, 2.75) is 59.5 Å². The molecule has 1 atom stereocenters. The SMILES string of the molecule is CCC(CC)COc1ccc(CN[C@@H](CC(C)C)C(N)=O)cc1OC. The molecule has 1 aromatic rings. The van der Waals surface area contributed by atoms with E-state index in [9.17, 15) is 4.79 Å². The topological polar surface area (TPSA) is 73.6 Å². The van der Waals surface area contributed by atoms with E-state index in [4.69, 9.17) is 15.2 Å². The van der Waals surface area contributed by atoms with E-state index in [-0.39, 0.29) is 11.9 Å². The minimum Gasteiger partial charge on any atom is -0.493 e. The summed E-state index contributed by atoms with van der Waals surface area (Å²) in [6.07, 6.45) is 2.93. The molecular formula is C20H34N2O3. The monoisotopic (exact) mass is 350 g/mol. The Morgan fingerprint density at radius 2 is 1.88 bits per heavy atom. The number of benzene rings is 1. The third-order valence-corrected chi connectivity index (χ3v) is 4.46. The van der Waals surface area contributed by atoms with Gasteiger partial charge in [-0.25, -0.2) is 0 Å². The lowest BCUT2D eigenvalue weighted by molar-refractivity contribution is -0.120. The Kier molecular flexibility index (Phi) is 9.35. The molecule has 1 aromatic carbocycles. The van der Waals surface area contributed by atoms with Crippen molar-refractivity contribution in [3.63, 3.8) is 0 Å². The van der Waals surface area contributed by atoms with Crippen molar-refractivity contribution in [3.05, 3.63) is 23.8 Å². The van der Waals surface area contributed by atoms with Crippen molar-refractivity contribution in [2.75, 3.05) is 13.7 Å². The summed E-state index contributed by atoms with van der Waals surface area (Å²) in [6.45, 7) is 9.76. The zero-order chi connectivity index (χ0) is 18.8. The Balaban J connectivity index is 2.71. The first-order valence-corrected chi connectivity index (χ1v) is 9.23. The van der Waals surface area contributed by atoms with Gasteiger partial charge in [0.1, 0.15) is 0 Å². The number of hydrogen-bond acceptors (Lipinski definition) is 4. The Bertz CT molecular complexity index is 528. The van der Waals surface area contributed by atoms with E-state index in [1.165, 1.54) is 0 Å². The lowest BCUT2D eigenvalue weighted by atomic mass is 10.0. The molecule has 0 aromatic heterocycles. The molecule has 142 valence electrons. The number of nitrogens with one attached hydrogen (secondary N) is 1. The van der Waals surface area contributed by atoms with Crippen LogP contribution in [-0.4, -0.2) is 25.7 Å². The number of ether oxygens (including phenoxy) is 2. The number of primary amides is 1. The first-order chi connectivity index (χ1) is 11.9. The van der Waals surface area contributed by atoms with Crippen LogP contribution < -0.4 is 20.5 Å². The largest absolute Gasteiger partial charge is 0.493 e. The van der Waals surface area contributed by atoms with Gasteiger partial charge in [0.05, 0.1) is 19.8 Å². The molecule has 3 N–H and O–H groups in total. The van der Waals surface area contributed by atoms with E-state index >= 15 is 0 Å². The standard InChI is InChI=1S/C20H34N2O3/c1-6-15(7-2)13-25-18-9-8-16(11-19(18)24-5)12-22-17(20(21)23)10-14(3)4/h8-9,11,14-15,17,22H,6-7,10,12-13H2,1-5H3,(H2,21,23)/t17-/m0/s1. The van der Waals surface area contributed by atoms with Crippen LogP contribution in [0.15, 0.2) is 18.2 Å². The second-order valence-electron chi connectivity index (χ2n) is 6.94. The molecule has 0 unspecified atom stereocenters. The summed E-state index contributed by atoms with van der Waals surface area (Å²) in [5.74, 6) is 2.11. The van der Waals surface area contributed by atoms with Crippen LogP contribution >= 0.6 is 0 Å². The smallest absolute Gasteiger partial charge is 0.234 e. The van der Waals surface area contributed by atoms with Crippen molar-refractivity contribution in [3.8, 4) is 11.5 Å². The normalized spacial score (nSPS) is 12.4. The van der Waals surface area contributed by atoms with Crippen molar-refractivity contribution < 1.29 is 14.3 Å². The van der Waals surface area contributed by atoms with E-state index in [1.54, 1.807) is 7.11 Å². The molecule has 0 radical (unpaired) electrons. The van der Waals surface area contributed by atoms with E-state index in [0.29, 0.717) is 30.7 Å². The number of carbonyl (C=O) groups excluding carboxylic acids is 1. The fourth-order valence-corrected chi connectivity index (χ4v) is 2.69. The highest BCUT2D eigenvalue weighted by atomic mass is 16.5. The number of nitrogens with two attached hydrogens (primary N) is 1. The van der Waals surface area contributed by atoms with Crippen molar-refractivity contribution in [2.24, 2.45) is 17.6 Å². The number of methoxy groups -OCH3 is 1. The summed E-state index contributed by atoms with van der Waals surface area (Å²) in [4.78, 5) is 11.6. The van der Waals surface area contributed by atoms with E-state index < -0.39 is 0 Å². The third kappa shape index (κ3) is 7.34. The van der Waals surface area contributed by atoms with Gasteiger partial charge in [0, 0.05) is 6.54 Å². The summed E-state index contributed by atoms with van der Waals surface area (Å²) in [6, 6.07) is 5.55. The molecule has 0 saturated carbocycles. The quantitative estimate of drug-likeness (QED) is 0.605. The average Bonchev–Trinajstić information content (AvgIpc) is 2.59. The molecule has 0 heterocycles. The van der Waals surface area contributed by atoms with Gasteiger partial charge in [-0.2, -0.15) is 0 Å². The summed E-state index contributed by atoms with van der Waals surface area (Å²) in [7, 11) is 1.64. The molecule has 0 saturated heterocycles. The lowest BCUT2D eigenvalue weighted by Gasteiger charge is -2.19. The molecule has 0 bridgehead atoms. The fraction of sp³-hybridized carbons (Fsp3) is 0.650. The van der Waals surface area contributed by atoms with Crippen LogP contribution in [0.3, 0.4) is 0 Å². The molecule has 0 aliphatic carbocycles. The predicted molar refractivity (Wildman–Crippen MR) is 102 cm³/mol. The summed E-state index contributed by atoms with van der Waals surface area (Å²) >= 11 is 0. The number of amides is 1. The summed E-state index contributed by atoms with van der Waals surface area (Å²) < 4.78 is 11.4. The number of carbonyl (C=O) groups is 1. The molecule has 25 heavy (non-hydrogen) atoms. The maximum absolute atomic E-state index is 11.6. The molecule has 1 amide bonds. The van der Waals surface area contributed by atoms with Crippen LogP contribution in [0, 0.1) is 11.8 Å². The second kappa shape index (κ2) is 11.0. The lowest BCUT2D eigenvalue weighted by Crippen LogP contribution is -2.41. The number of rotatable bonds is 12. The molecular weight excluding hydrogens is 316 g/mol. The van der Waals surface area contributed by atoms with Gasteiger partial charge in [0.2, 0.25) is 5.91 Å². The summed E-state index contributed by atoms with van der Waals surface area (Å²) in [5.41, 5.74) is 6.51. The molecule has 5 heteroatoms. The summed E-state index contributed by atoms with van der Waals surface area (Å²) in [5, 5.41) is 3.24. The minimum absolute atomic E-state index is 0.314. The van der Waals surface area contributed by atoms with Gasteiger partial charge in [-0.05, 0) is 36.0 Å². The van der Waals surface area contributed by atoms with Gasteiger partial charge in [0.15, 0.2) is 11.5 Å². The van der Waals surface area contributed by atoms with Crippen LogP contribution in [0.5, 0.6) is 11.5 Å². The van der Waals surface area contributed by atoms with Gasteiger partial charge in [-0.1, -0.05) is 46.6 Å². The van der Waals surface area contributed by atoms with E-state index in [2.05, 4.69) is 33.0 Å². The minimum atomic E-state index is -0.322. The van der Waals surface area contributed by atoms with Crippen LogP contribution in [0.2, 0.25) is 0 Å². The van der Waals surface area contributed by atoms with E-state index in [0.717, 1.165) is 30.6 Å². The maximum Gasteiger partial charge on any atom is 0.234 e. The van der Waals surface area contributed by atoms with Gasteiger partial charge < -0.3 is 20.5 Å². The van der Waals surface area contributed by atoms with Gasteiger partial charge in [-0.3, -0.25) is 4.79 Å². The maximum atomic E-state index is 11.6. The van der Waals surface area contributed by atoms with Crippen molar-refractivity contribution in [1.29, 1.82) is 0 Å². The molecule has 0 spiro atoms. The van der Waals surface area contributed by atoms with E-state index in [1.807, 2.05) is 18.2 Å². The molecule has 0 aliphatic heterocycles. The zero-order valence-electron chi connectivity index (χ0n) is 16.3. The Labute approximate surface area is 152 Å². The van der Waals surface area contributed by atoms with Crippen molar-refractivity contribution in [1.82, 2.24) is 5.32 Å². The van der Waals surface area contributed by atoms with Crippen LogP contribution in [0.25, 0.3) is 0 Å². The highest BCUT2D eigenvalue weighted by molar-refractivity contribution is 5.79. The Hall–Kier alpha value is -1.75. The Morgan fingerprint density at radius 1 is 1.20 bits per heavy atom. The molecule has 1 rings (SSSR count).